The summed E-state index contributed by atoms with van der Waals surface area (Å²) in [6.07, 6.45) is 0. The van der Waals surface area contributed by atoms with Crippen LogP contribution in [0.15, 0.2) is 291 Å². The van der Waals surface area contributed by atoms with E-state index in [0.717, 1.165) is 45.3 Å². The molecule has 12 aromatic carbocycles. The molecule has 0 atom stereocenters. The van der Waals surface area contributed by atoms with E-state index in [4.69, 9.17) is 0 Å². The fraction of sp³-hybridized carbons (Fsp3) is 0.0526. The van der Waals surface area contributed by atoms with E-state index in [1.807, 2.05) is 0 Å². The molecule has 78 heavy (non-hydrogen) atoms. The predicted molar refractivity (Wildman–Crippen MR) is 333 cm³/mol. The SMILES string of the molecule is Cc1ccc(-c2cc(-c3ccc(C)cc3)cc(-c3ccc(N(c4ccccc4)c4ccc(-c5ccc(N(c6ccccc6)c6ccc(-c7cc(-c8ccc(C)cc8)cc(-c8ccc(C)cc8)c7)cc6)cc5)cc4)cc3)c2)cc1. The molecule has 2 nitrogen and oxygen atoms in total. The van der Waals surface area contributed by atoms with Crippen molar-refractivity contribution in [1.29, 1.82) is 0 Å². The smallest absolute Gasteiger partial charge is 0.0462 e. The lowest BCUT2D eigenvalue weighted by atomic mass is 9.92. The highest BCUT2D eigenvalue weighted by atomic mass is 15.1. The van der Waals surface area contributed by atoms with Crippen molar-refractivity contribution in [3.63, 3.8) is 0 Å². The van der Waals surface area contributed by atoms with Gasteiger partial charge in [0.2, 0.25) is 0 Å². The van der Waals surface area contributed by atoms with Gasteiger partial charge in [-0.2, -0.15) is 0 Å². The second kappa shape index (κ2) is 21.8. The molecular weight excluding hydrogens is 941 g/mol. The van der Waals surface area contributed by atoms with Crippen molar-refractivity contribution in [1.82, 2.24) is 0 Å². The highest BCUT2D eigenvalue weighted by molar-refractivity contribution is 5.86. The topological polar surface area (TPSA) is 6.48 Å². The van der Waals surface area contributed by atoms with Crippen LogP contribution in [0.2, 0.25) is 0 Å². The Kier molecular flexibility index (Phi) is 13.8. The Labute approximate surface area is 460 Å². The van der Waals surface area contributed by atoms with E-state index in [1.54, 1.807) is 0 Å². The minimum atomic E-state index is 1.09. The average Bonchev–Trinajstić information content (AvgIpc) is 3.50. The highest BCUT2D eigenvalue weighted by Crippen LogP contribution is 2.41. The Morgan fingerprint density at radius 2 is 0.308 bits per heavy atom. The van der Waals surface area contributed by atoms with Crippen LogP contribution in [0.1, 0.15) is 22.3 Å². The molecule has 0 amide bonds. The van der Waals surface area contributed by atoms with Crippen LogP contribution in [-0.2, 0) is 0 Å². The summed E-state index contributed by atoms with van der Waals surface area (Å²) in [5, 5.41) is 0. The zero-order chi connectivity index (χ0) is 53.0. The maximum Gasteiger partial charge on any atom is 0.0462 e. The summed E-state index contributed by atoms with van der Waals surface area (Å²) in [6.45, 7) is 8.56. The summed E-state index contributed by atoms with van der Waals surface area (Å²) in [6, 6.07) is 107. The van der Waals surface area contributed by atoms with Gasteiger partial charge in [0.1, 0.15) is 0 Å². The molecule has 374 valence electrons. The lowest BCUT2D eigenvalue weighted by molar-refractivity contribution is 1.28. The van der Waals surface area contributed by atoms with E-state index in [0.29, 0.717) is 0 Å². The first kappa shape index (κ1) is 49.1. The van der Waals surface area contributed by atoms with Gasteiger partial charge in [0.25, 0.3) is 0 Å². The molecule has 2 heteroatoms. The van der Waals surface area contributed by atoms with E-state index in [1.165, 1.54) is 89.0 Å². The van der Waals surface area contributed by atoms with Gasteiger partial charge < -0.3 is 9.80 Å². The second-order valence-corrected chi connectivity index (χ2v) is 20.6. The van der Waals surface area contributed by atoms with Gasteiger partial charge in [-0.3, -0.25) is 0 Å². The van der Waals surface area contributed by atoms with Gasteiger partial charge in [-0.05, 0) is 215 Å². The zero-order valence-corrected chi connectivity index (χ0v) is 44.6. The van der Waals surface area contributed by atoms with Crippen LogP contribution in [0, 0.1) is 27.7 Å². The van der Waals surface area contributed by atoms with Crippen molar-refractivity contribution in [2.45, 2.75) is 27.7 Å². The summed E-state index contributed by atoms with van der Waals surface area (Å²) in [5.41, 5.74) is 28.3. The Bertz CT molecular complexity index is 3560. The molecule has 0 spiro atoms. The van der Waals surface area contributed by atoms with Crippen molar-refractivity contribution in [3.05, 3.63) is 313 Å². The lowest BCUT2D eigenvalue weighted by Gasteiger charge is -2.26. The van der Waals surface area contributed by atoms with Crippen molar-refractivity contribution >= 4 is 34.1 Å². The van der Waals surface area contributed by atoms with Gasteiger partial charge in [-0.1, -0.05) is 204 Å². The Morgan fingerprint density at radius 3 is 0.500 bits per heavy atom. The third kappa shape index (κ3) is 10.7. The van der Waals surface area contributed by atoms with Crippen LogP contribution in [-0.4, -0.2) is 0 Å². The van der Waals surface area contributed by atoms with Crippen LogP contribution in [0.25, 0.3) is 77.9 Å². The molecule has 0 fully saturated rings. The first-order chi connectivity index (χ1) is 38.2. The molecule has 0 aliphatic heterocycles. The highest BCUT2D eigenvalue weighted by Gasteiger charge is 2.17. The normalized spacial score (nSPS) is 11.1. The van der Waals surface area contributed by atoms with Gasteiger partial charge in [0.05, 0.1) is 0 Å². The Morgan fingerprint density at radius 1 is 0.154 bits per heavy atom. The fourth-order valence-electron chi connectivity index (χ4n) is 10.5. The molecular formula is C76H60N2. The predicted octanol–water partition coefficient (Wildman–Crippen LogP) is 21.5. The van der Waals surface area contributed by atoms with Gasteiger partial charge >= 0.3 is 0 Å². The molecule has 0 heterocycles. The second-order valence-electron chi connectivity index (χ2n) is 20.6. The van der Waals surface area contributed by atoms with Gasteiger partial charge in [-0.15, -0.1) is 0 Å². The monoisotopic (exact) mass is 1000 g/mol. The van der Waals surface area contributed by atoms with Crippen molar-refractivity contribution < 1.29 is 0 Å². The summed E-state index contributed by atoms with van der Waals surface area (Å²) in [5.74, 6) is 0. The van der Waals surface area contributed by atoms with E-state index in [9.17, 15) is 0 Å². The molecule has 0 saturated heterocycles. The van der Waals surface area contributed by atoms with E-state index >= 15 is 0 Å². The summed E-state index contributed by atoms with van der Waals surface area (Å²) in [7, 11) is 0. The number of rotatable bonds is 13. The third-order valence-corrected chi connectivity index (χ3v) is 14.9. The summed E-state index contributed by atoms with van der Waals surface area (Å²) in [4.78, 5) is 4.67. The van der Waals surface area contributed by atoms with E-state index in [2.05, 4.69) is 329 Å². The van der Waals surface area contributed by atoms with E-state index < -0.39 is 0 Å². The zero-order valence-electron chi connectivity index (χ0n) is 44.6. The summed E-state index contributed by atoms with van der Waals surface area (Å²) < 4.78 is 0. The van der Waals surface area contributed by atoms with Crippen molar-refractivity contribution in [2.75, 3.05) is 9.80 Å². The first-order valence-electron chi connectivity index (χ1n) is 26.9. The molecule has 0 aliphatic carbocycles. The van der Waals surface area contributed by atoms with Crippen LogP contribution in [0.5, 0.6) is 0 Å². The maximum atomic E-state index is 2.34. The standard InChI is InChI=1S/C76H60N2/c1-53-15-23-59(24-16-53)65-47-66(60-25-17-54(2)18-26-60)50-69(49-65)63-35-43-75(44-36-63)77(71-11-7-5-8-12-71)73-39-31-57(32-40-73)58-33-41-74(42-34-58)78(72-13-9-6-10-14-72)76-45-37-64(38-46-76)70-51-67(61-27-19-55(3)20-28-61)48-68(52-70)62-29-21-56(4)22-30-62/h5-52H,1-4H3. The fourth-order valence-corrected chi connectivity index (χ4v) is 10.5. The van der Waals surface area contributed by atoms with Crippen LogP contribution in [0.4, 0.5) is 34.1 Å². The van der Waals surface area contributed by atoms with E-state index in [-0.39, 0.29) is 0 Å². The number of hydrogen-bond donors (Lipinski definition) is 0. The van der Waals surface area contributed by atoms with Gasteiger partial charge in [0.15, 0.2) is 0 Å². The largest absolute Gasteiger partial charge is 0.311 e. The molecule has 0 radical (unpaired) electrons. The van der Waals surface area contributed by atoms with Crippen LogP contribution < -0.4 is 9.80 Å². The van der Waals surface area contributed by atoms with Crippen molar-refractivity contribution in [2.24, 2.45) is 0 Å². The molecule has 0 saturated carbocycles. The number of aryl methyl sites for hydroxylation is 4. The minimum Gasteiger partial charge on any atom is -0.311 e. The molecule has 0 bridgehead atoms. The number of para-hydroxylation sites is 2. The Balaban J connectivity index is 0.824. The quantitative estimate of drug-likeness (QED) is 0.114. The van der Waals surface area contributed by atoms with Gasteiger partial charge in [-0.25, -0.2) is 0 Å². The molecule has 0 aromatic heterocycles. The molecule has 12 aromatic rings. The van der Waals surface area contributed by atoms with Crippen molar-refractivity contribution in [3.8, 4) is 77.9 Å². The number of anilines is 6. The number of benzene rings is 12. The van der Waals surface area contributed by atoms with Crippen LogP contribution in [0.3, 0.4) is 0 Å². The average molecular weight is 1000 g/mol. The Hall–Kier alpha value is -9.76. The third-order valence-electron chi connectivity index (χ3n) is 14.9. The number of nitrogens with zero attached hydrogens (tertiary/aromatic N) is 2. The lowest BCUT2D eigenvalue weighted by Crippen LogP contribution is -2.10. The number of hydrogen-bond acceptors (Lipinski definition) is 2. The maximum absolute atomic E-state index is 2.34. The molecule has 0 N–H and O–H groups in total. The van der Waals surface area contributed by atoms with Crippen LogP contribution >= 0.6 is 0 Å². The first-order valence-corrected chi connectivity index (χ1v) is 26.9. The minimum absolute atomic E-state index is 1.09. The van der Waals surface area contributed by atoms with Gasteiger partial charge in [0, 0.05) is 34.1 Å². The summed E-state index contributed by atoms with van der Waals surface area (Å²) >= 11 is 0. The molecule has 0 aliphatic rings. The molecule has 0 unspecified atom stereocenters. The molecule has 12 rings (SSSR count).